The van der Waals surface area contributed by atoms with Crippen LogP contribution in [0.15, 0.2) is 27.8 Å². The number of ketones is 1. The van der Waals surface area contributed by atoms with E-state index >= 15 is 0 Å². The van der Waals surface area contributed by atoms with E-state index in [-0.39, 0.29) is 30.4 Å². The maximum Gasteiger partial charge on any atom is 0.332 e. The van der Waals surface area contributed by atoms with E-state index in [4.69, 9.17) is 5.73 Å². The van der Waals surface area contributed by atoms with Crippen LogP contribution in [0, 0.1) is 13.8 Å². The molecular weight excluding hydrogens is 386 g/mol. The molecule has 0 saturated carbocycles. The molecule has 0 fully saturated rings. The van der Waals surface area contributed by atoms with Gasteiger partial charge in [0.15, 0.2) is 6.54 Å². The van der Waals surface area contributed by atoms with Gasteiger partial charge in [-0.1, -0.05) is 25.1 Å². The van der Waals surface area contributed by atoms with Gasteiger partial charge >= 0.3 is 5.69 Å². The second-order valence-corrected chi connectivity index (χ2v) is 7.61. The first-order chi connectivity index (χ1) is 14.1. The van der Waals surface area contributed by atoms with Crippen molar-refractivity contribution >= 4 is 23.2 Å². The van der Waals surface area contributed by atoms with Crippen molar-refractivity contribution in [3.05, 3.63) is 55.7 Å². The lowest BCUT2D eigenvalue weighted by Gasteiger charge is -2.17. The number of Topliss-reactive ketones (excluding diaryl/α,β-unsaturated/α-hetero) is 1. The molecule has 0 bridgehead atoms. The van der Waals surface area contributed by atoms with Crippen molar-refractivity contribution in [3.63, 3.8) is 0 Å². The predicted molar refractivity (Wildman–Crippen MR) is 116 cm³/mol. The monoisotopic (exact) mass is 416 g/mol. The van der Waals surface area contributed by atoms with Crippen LogP contribution in [0.1, 0.15) is 34.8 Å². The topological polar surface area (TPSA) is 121 Å². The lowest BCUT2D eigenvalue weighted by Crippen LogP contribution is -3.11. The number of aryl methyl sites for hydroxylation is 2. The van der Waals surface area contributed by atoms with Crippen LogP contribution < -0.4 is 27.2 Å². The van der Waals surface area contributed by atoms with E-state index in [9.17, 15) is 19.2 Å². The number of carbonyl (C=O) groups excluding carboxylic acids is 2. The third kappa shape index (κ3) is 4.85. The van der Waals surface area contributed by atoms with E-state index in [1.165, 1.54) is 11.6 Å². The molecule has 2 aromatic rings. The summed E-state index contributed by atoms with van der Waals surface area (Å²) in [6.45, 7) is 5.92. The number of nitrogens with one attached hydrogen (secondary N) is 2. The molecule has 0 aliphatic heterocycles. The van der Waals surface area contributed by atoms with Crippen LogP contribution in [0.5, 0.6) is 0 Å². The van der Waals surface area contributed by atoms with Crippen molar-refractivity contribution in [1.29, 1.82) is 0 Å². The number of carbonyl (C=O) groups is 2. The van der Waals surface area contributed by atoms with Gasteiger partial charge < -0.3 is 16.0 Å². The standard InChI is InChI=1S/C21H29N5O4/c1-6-10-26-19(22)17(20(29)25(5)21(26)30)15(27)11-24(4)12-16(28)23-18-13(2)8-7-9-14(18)3/h7-9H,6,10-12,22H2,1-5H3,(H,23,28)/p+1. The number of para-hydroxylation sites is 1. The zero-order valence-electron chi connectivity index (χ0n) is 18.2. The van der Waals surface area contributed by atoms with Gasteiger partial charge in [0.1, 0.15) is 17.9 Å². The summed E-state index contributed by atoms with van der Waals surface area (Å²) in [5, 5.41) is 2.88. The molecule has 0 aliphatic carbocycles. The number of hydrogen-bond donors (Lipinski definition) is 3. The van der Waals surface area contributed by atoms with Gasteiger partial charge in [-0.2, -0.15) is 0 Å². The molecule has 0 saturated heterocycles. The number of nitrogen functional groups attached to an aromatic ring is 1. The average Bonchev–Trinajstić information content (AvgIpc) is 2.66. The van der Waals surface area contributed by atoms with Gasteiger partial charge in [0.25, 0.3) is 11.5 Å². The van der Waals surface area contributed by atoms with Gasteiger partial charge in [0.2, 0.25) is 5.78 Å². The second-order valence-electron chi connectivity index (χ2n) is 7.61. The number of amides is 1. The molecule has 0 aliphatic rings. The molecule has 30 heavy (non-hydrogen) atoms. The number of likely N-dealkylation sites (N-methyl/N-ethyl adjacent to an activating group) is 1. The first-order valence-electron chi connectivity index (χ1n) is 9.88. The average molecular weight is 417 g/mol. The van der Waals surface area contributed by atoms with Crippen LogP contribution in [0.3, 0.4) is 0 Å². The summed E-state index contributed by atoms with van der Waals surface area (Å²) in [4.78, 5) is 50.6. The maximum absolute atomic E-state index is 12.8. The Kier molecular flexibility index (Phi) is 7.33. The molecule has 9 heteroatoms. The molecule has 2 rings (SSSR count). The highest BCUT2D eigenvalue weighted by molar-refractivity contribution is 6.00. The number of quaternary nitrogens is 1. The number of hydrogen-bond acceptors (Lipinski definition) is 5. The zero-order chi connectivity index (χ0) is 22.6. The molecule has 0 radical (unpaired) electrons. The molecule has 1 amide bonds. The smallest absolute Gasteiger partial charge is 0.332 e. The minimum absolute atomic E-state index is 0.0360. The van der Waals surface area contributed by atoms with Crippen molar-refractivity contribution in [3.8, 4) is 0 Å². The van der Waals surface area contributed by atoms with Crippen LogP contribution in [-0.4, -0.2) is 41.0 Å². The summed E-state index contributed by atoms with van der Waals surface area (Å²) >= 11 is 0. The van der Waals surface area contributed by atoms with Crippen LogP contribution >= 0.6 is 0 Å². The fourth-order valence-corrected chi connectivity index (χ4v) is 3.38. The fourth-order valence-electron chi connectivity index (χ4n) is 3.38. The summed E-state index contributed by atoms with van der Waals surface area (Å²) in [5.74, 6) is -0.868. The van der Waals surface area contributed by atoms with Crippen molar-refractivity contribution in [1.82, 2.24) is 9.13 Å². The molecule has 1 unspecified atom stereocenters. The maximum atomic E-state index is 12.8. The van der Waals surface area contributed by atoms with Gasteiger partial charge in [-0.15, -0.1) is 0 Å². The Bertz CT molecular complexity index is 1060. The Hall–Kier alpha value is -3.20. The third-order valence-corrected chi connectivity index (χ3v) is 4.98. The molecule has 1 aromatic heterocycles. The first-order valence-corrected chi connectivity index (χ1v) is 9.88. The Morgan fingerprint density at radius 1 is 1.13 bits per heavy atom. The number of rotatable bonds is 8. The molecule has 1 aromatic carbocycles. The van der Waals surface area contributed by atoms with Gasteiger partial charge in [-0.25, -0.2) is 4.79 Å². The van der Waals surface area contributed by atoms with E-state index < -0.39 is 17.0 Å². The summed E-state index contributed by atoms with van der Waals surface area (Å²) in [5.41, 5.74) is 7.17. The van der Waals surface area contributed by atoms with Gasteiger partial charge in [0, 0.05) is 19.3 Å². The van der Waals surface area contributed by atoms with Crippen molar-refractivity contribution < 1.29 is 14.5 Å². The third-order valence-electron chi connectivity index (χ3n) is 4.98. The number of aromatic nitrogens is 2. The van der Waals surface area contributed by atoms with Crippen LogP contribution in [0.2, 0.25) is 0 Å². The van der Waals surface area contributed by atoms with Crippen molar-refractivity contribution in [2.75, 3.05) is 31.2 Å². The number of nitrogens with zero attached hydrogens (tertiary/aromatic N) is 2. The fraction of sp³-hybridized carbons (Fsp3) is 0.429. The minimum atomic E-state index is -0.720. The normalized spacial score (nSPS) is 11.9. The summed E-state index contributed by atoms with van der Waals surface area (Å²) in [6, 6.07) is 5.73. The highest BCUT2D eigenvalue weighted by Crippen LogP contribution is 2.18. The van der Waals surface area contributed by atoms with Gasteiger partial charge in [-0.3, -0.25) is 23.5 Å². The van der Waals surface area contributed by atoms with Gasteiger partial charge in [0.05, 0.1) is 7.05 Å². The second kappa shape index (κ2) is 9.53. The highest BCUT2D eigenvalue weighted by atomic mass is 16.2. The molecule has 1 atom stereocenters. The van der Waals surface area contributed by atoms with Crippen LogP contribution in [0.25, 0.3) is 0 Å². The molecule has 162 valence electrons. The van der Waals surface area contributed by atoms with E-state index in [0.29, 0.717) is 17.9 Å². The van der Waals surface area contributed by atoms with Crippen LogP contribution in [0.4, 0.5) is 11.5 Å². The zero-order valence-corrected chi connectivity index (χ0v) is 18.2. The van der Waals surface area contributed by atoms with E-state index in [0.717, 1.165) is 21.4 Å². The minimum Gasteiger partial charge on any atom is -0.384 e. The van der Waals surface area contributed by atoms with E-state index in [2.05, 4.69) is 5.32 Å². The predicted octanol–water partition coefficient (Wildman–Crippen LogP) is -0.508. The van der Waals surface area contributed by atoms with Crippen molar-refractivity contribution in [2.45, 2.75) is 33.7 Å². The Morgan fingerprint density at radius 2 is 1.73 bits per heavy atom. The molecule has 1 heterocycles. The molecule has 0 spiro atoms. The summed E-state index contributed by atoms with van der Waals surface area (Å²) in [6.07, 6.45) is 0.625. The first kappa shape index (κ1) is 23.1. The summed E-state index contributed by atoms with van der Waals surface area (Å²) < 4.78 is 2.12. The molecule has 4 N–H and O–H groups in total. The Morgan fingerprint density at radius 3 is 2.30 bits per heavy atom. The molecule has 9 nitrogen and oxygen atoms in total. The Labute approximate surface area is 175 Å². The number of anilines is 2. The SMILES string of the molecule is CCCn1c(N)c(C(=O)C[NH+](C)CC(=O)Nc2c(C)cccc2C)c(=O)n(C)c1=O. The lowest BCUT2D eigenvalue weighted by molar-refractivity contribution is -0.861. The summed E-state index contributed by atoms with van der Waals surface area (Å²) in [7, 11) is 3.01. The van der Waals surface area contributed by atoms with E-state index in [1.54, 1.807) is 7.05 Å². The Balaban J connectivity index is 2.17. The molecular formula is C21H30N5O4+. The van der Waals surface area contributed by atoms with Gasteiger partial charge in [-0.05, 0) is 31.4 Å². The highest BCUT2D eigenvalue weighted by Gasteiger charge is 2.24. The lowest BCUT2D eigenvalue weighted by atomic mass is 10.1. The quantitative estimate of drug-likeness (QED) is 0.501. The number of nitrogens with two attached hydrogens (primary N) is 1. The van der Waals surface area contributed by atoms with Crippen LogP contribution in [-0.2, 0) is 18.4 Å². The van der Waals surface area contributed by atoms with Crippen molar-refractivity contribution in [2.24, 2.45) is 7.05 Å². The van der Waals surface area contributed by atoms with E-state index in [1.807, 2.05) is 39.0 Å². The number of benzene rings is 1. The largest absolute Gasteiger partial charge is 0.384 e.